The van der Waals surface area contributed by atoms with Gasteiger partial charge >= 0.3 is 0 Å². The third-order valence-electron chi connectivity index (χ3n) is 4.27. The first-order chi connectivity index (χ1) is 10.2. The summed E-state index contributed by atoms with van der Waals surface area (Å²) in [6.07, 6.45) is 2.19. The van der Waals surface area contributed by atoms with Crippen LogP contribution >= 0.6 is 0 Å². The highest BCUT2D eigenvalue weighted by molar-refractivity contribution is 5.54. The van der Waals surface area contributed by atoms with Crippen LogP contribution in [-0.2, 0) is 0 Å². The van der Waals surface area contributed by atoms with Crippen molar-refractivity contribution in [3.8, 4) is 5.75 Å². The number of benzene rings is 2. The van der Waals surface area contributed by atoms with Gasteiger partial charge in [-0.15, -0.1) is 0 Å². The minimum Gasteiger partial charge on any atom is -0.497 e. The van der Waals surface area contributed by atoms with Gasteiger partial charge in [-0.2, -0.15) is 0 Å². The first kappa shape index (κ1) is 13.9. The molecular formula is C18H20FNO. The molecule has 0 aliphatic heterocycles. The quantitative estimate of drug-likeness (QED) is 0.893. The zero-order chi connectivity index (χ0) is 14.8. The van der Waals surface area contributed by atoms with Gasteiger partial charge in [0.1, 0.15) is 11.6 Å². The fourth-order valence-corrected chi connectivity index (χ4v) is 2.89. The Morgan fingerprint density at radius 2 is 1.81 bits per heavy atom. The van der Waals surface area contributed by atoms with Gasteiger partial charge in [0.15, 0.2) is 0 Å². The van der Waals surface area contributed by atoms with Crippen molar-refractivity contribution in [1.29, 1.82) is 0 Å². The molecule has 0 aromatic heterocycles. The van der Waals surface area contributed by atoms with Gasteiger partial charge in [0.2, 0.25) is 0 Å². The molecule has 0 radical (unpaired) electrons. The summed E-state index contributed by atoms with van der Waals surface area (Å²) in [5.41, 5.74) is 3.60. The molecule has 0 unspecified atom stereocenters. The zero-order valence-electron chi connectivity index (χ0n) is 12.4. The van der Waals surface area contributed by atoms with Crippen molar-refractivity contribution in [1.82, 2.24) is 0 Å². The van der Waals surface area contributed by atoms with Gasteiger partial charge in [0.25, 0.3) is 0 Å². The molecule has 3 rings (SSSR count). The van der Waals surface area contributed by atoms with Crippen molar-refractivity contribution in [2.45, 2.75) is 31.7 Å². The predicted molar refractivity (Wildman–Crippen MR) is 83.5 cm³/mol. The predicted octanol–water partition coefficient (Wildman–Crippen LogP) is 4.50. The number of methoxy groups -OCH3 is 1. The summed E-state index contributed by atoms with van der Waals surface area (Å²) in [4.78, 5) is 0. The molecule has 2 aromatic rings. The lowest BCUT2D eigenvalue weighted by Crippen LogP contribution is -2.34. The van der Waals surface area contributed by atoms with Crippen LogP contribution in [0.1, 0.15) is 29.9 Å². The lowest BCUT2D eigenvalue weighted by molar-refractivity contribution is 0.373. The van der Waals surface area contributed by atoms with Crippen LogP contribution in [0.2, 0.25) is 0 Å². The Morgan fingerprint density at radius 1 is 1.10 bits per heavy atom. The number of ether oxygens (including phenoxy) is 1. The SMILES string of the molecule is COc1ccc(NC2CC(c3ccc(F)cc3)C2)c(C)c1. The Bertz CT molecular complexity index is 618. The highest BCUT2D eigenvalue weighted by Gasteiger charge is 2.30. The molecule has 110 valence electrons. The summed E-state index contributed by atoms with van der Waals surface area (Å²) in [5.74, 6) is 1.26. The van der Waals surface area contributed by atoms with Crippen molar-refractivity contribution >= 4 is 5.69 Å². The molecule has 1 fully saturated rings. The van der Waals surface area contributed by atoms with Crippen molar-refractivity contribution < 1.29 is 9.13 Å². The van der Waals surface area contributed by atoms with E-state index in [2.05, 4.69) is 18.3 Å². The number of halogens is 1. The van der Waals surface area contributed by atoms with Crippen molar-refractivity contribution in [2.75, 3.05) is 12.4 Å². The molecule has 0 saturated heterocycles. The minimum atomic E-state index is -0.165. The van der Waals surface area contributed by atoms with E-state index in [1.54, 1.807) is 19.2 Å². The molecule has 1 saturated carbocycles. The fraction of sp³-hybridized carbons (Fsp3) is 0.333. The lowest BCUT2D eigenvalue weighted by atomic mass is 9.76. The minimum absolute atomic E-state index is 0.165. The average Bonchev–Trinajstić information content (AvgIpc) is 2.45. The van der Waals surface area contributed by atoms with Gasteiger partial charge < -0.3 is 10.1 Å². The summed E-state index contributed by atoms with van der Waals surface area (Å²) >= 11 is 0. The molecular weight excluding hydrogens is 265 g/mol. The standard InChI is InChI=1S/C18H20FNO/c1-12-9-17(21-2)7-8-18(12)20-16-10-14(11-16)13-3-5-15(19)6-4-13/h3-9,14,16,20H,10-11H2,1-2H3. The number of hydrogen-bond acceptors (Lipinski definition) is 2. The summed E-state index contributed by atoms with van der Waals surface area (Å²) in [7, 11) is 1.68. The van der Waals surface area contributed by atoms with E-state index in [0.29, 0.717) is 12.0 Å². The number of anilines is 1. The van der Waals surface area contributed by atoms with Crippen LogP contribution in [0.15, 0.2) is 42.5 Å². The molecule has 1 N–H and O–H groups in total. The van der Waals surface area contributed by atoms with E-state index in [9.17, 15) is 4.39 Å². The number of aryl methyl sites for hydroxylation is 1. The molecule has 2 nitrogen and oxygen atoms in total. The van der Waals surface area contributed by atoms with Crippen LogP contribution in [0.3, 0.4) is 0 Å². The monoisotopic (exact) mass is 285 g/mol. The van der Waals surface area contributed by atoms with Gasteiger partial charge in [0, 0.05) is 11.7 Å². The van der Waals surface area contributed by atoms with E-state index < -0.39 is 0 Å². The summed E-state index contributed by atoms with van der Waals surface area (Å²) in [6.45, 7) is 2.08. The number of hydrogen-bond donors (Lipinski definition) is 1. The van der Waals surface area contributed by atoms with Gasteiger partial charge in [0.05, 0.1) is 7.11 Å². The zero-order valence-corrected chi connectivity index (χ0v) is 12.4. The Balaban J connectivity index is 1.58. The second-order valence-corrected chi connectivity index (χ2v) is 5.74. The molecule has 1 aliphatic rings. The smallest absolute Gasteiger partial charge is 0.123 e. The number of nitrogens with one attached hydrogen (secondary N) is 1. The van der Waals surface area contributed by atoms with Crippen LogP contribution in [0.25, 0.3) is 0 Å². The van der Waals surface area contributed by atoms with Gasteiger partial charge in [-0.25, -0.2) is 4.39 Å². The molecule has 0 spiro atoms. The Labute approximate surface area is 125 Å². The topological polar surface area (TPSA) is 21.3 Å². The molecule has 0 heterocycles. The van der Waals surface area contributed by atoms with E-state index in [0.717, 1.165) is 18.6 Å². The first-order valence-electron chi connectivity index (χ1n) is 7.32. The Kier molecular flexibility index (Phi) is 3.82. The normalized spacial score (nSPS) is 20.7. The second-order valence-electron chi connectivity index (χ2n) is 5.74. The highest BCUT2D eigenvalue weighted by atomic mass is 19.1. The lowest BCUT2D eigenvalue weighted by Gasteiger charge is -2.37. The van der Waals surface area contributed by atoms with Gasteiger partial charge in [-0.1, -0.05) is 12.1 Å². The molecule has 21 heavy (non-hydrogen) atoms. The van der Waals surface area contributed by atoms with Crippen molar-refractivity contribution in [3.05, 3.63) is 59.4 Å². The maximum Gasteiger partial charge on any atom is 0.123 e. The van der Waals surface area contributed by atoms with Crippen LogP contribution < -0.4 is 10.1 Å². The Morgan fingerprint density at radius 3 is 2.43 bits per heavy atom. The van der Waals surface area contributed by atoms with Crippen LogP contribution in [-0.4, -0.2) is 13.2 Å². The summed E-state index contributed by atoms with van der Waals surface area (Å²) in [5, 5.41) is 3.58. The van der Waals surface area contributed by atoms with E-state index in [1.165, 1.54) is 16.8 Å². The largest absolute Gasteiger partial charge is 0.497 e. The molecule has 1 aliphatic carbocycles. The third kappa shape index (κ3) is 3.02. The molecule has 2 aromatic carbocycles. The summed E-state index contributed by atoms with van der Waals surface area (Å²) < 4.78 is 18.1. The number of rotatable bonds is 4. The molecule has 3 heteroatoms. The maximum absolute atomic E-state index is 12.9. The maximum atomic E-state index is 12.9. The van der Waals surface area contributed by atoms with E-state index in [1.807, 2.05) is 24.3 Å². The van der Waals surface area contributed by atoms with E-state index >= 15 is 0 Å². The third-order valence-corrected chi connectivity index (χ3v) is 4.27. The summed E-state index contributed by atoms with van der Waals surface area (Å²) in [6, 6.07) is 13.5. The Hall–Kier alpha value is -2.03. The van der Waals surface area contributed by atoms with Crippen molar-refractivity contribution in [2.24, 2.45) is 0 Å². The van der Waals surface area contributed by atoms with Crippen LogP contribution in [0.5, 0.6) is 5.75 Å². The molecule has 0 amide bonds. The molecule has 0 bridgehead atoms. The van der Waals surface area contributed by atoms with Gasteiger partial charge in [-0.05, 0) is 67.1 Å². The second kappa shape index (κ2) is 5.76. The van der Waals surface area contributed by atoms with Gasteiger partial charge in [-0.3, -0.25) is 0 Å². The first-order valence-corrected chi connectivity index (χ1v) is 7.32. The average molecular weight is 285 g/mol. The molecule has 0 atom stereocenters. The van der Waals surface area contributed by atoms with Crippen LogP contribution in [0, 0.1) is 12.7 Å². The fourth-order valence-electron chi connectivity index (χ4n) is 2.89. The van der Waals surface area contributed by atoms with E-state index in [4.69, 9.17) is 4.74 Å². The highest BCUT2D eigenvalue weighted by Crippen LogP contribution is 2.39. The van der Waals surface area contributed by atoms with E-state index in [-0.39, 0.29) is 5.82 Å². The van der Waals surface area contributed by atoms with Crippen LogP contribution in [0.4, 0.5) is 10.1 Å². The van der Waals surface area contributed by atoms with Crippen molar-refractivity contribution in [3.63, 3.8) is 0 Å².